The molecular weight excluding hydrogens is 258 g/mol. The van der Waals surface area contributed by atoms with Crippen molar-refractivity contribution >= 4 is 10.9 Å². The highest BCUT2D eigenvalue weighted by molar-refractivity contribution is 5.81. The summed E-state index contributed by atoms with van der Waals surface area (Å²) in [5.41, 5.74) is 2.53. The van der Waals surface area contributed by atoms with Crippen LogP contribution in [-0.2, 0) is 6.42 Å². The third kappa shape index (κ3) is 3.42. The Morgan fingerprint density at radius 2 is 2.14 bits per heavy atom. The van der Waals surface area contributed by atoms with Gasteiger partial charge in [-0.05, 0) is 24.0 Å². The molecule has 1 N–H and O–H groups in total. The van der Waals surface area contributed by atoms with Crippen molar-refractivity contribution < 1.29 is 0 Å². The molecule has 0 aliphatic carbocycles. The van der Waals surface area contributed by atoms with Gasteiger partial charge in [-0.3, -0.25) is 4.98 Å². The van der Waals surface area contributed by atoms with Crippen molar-refractivity contribution in [2.75, 3.05) is 26.2 Å². The highest BCUT2D eigenvalue weighted by Gasteiger charge is 2.21. The number of nitrogens with zero attached hydrogens (tertiary/aromatic N) is 2. The van der Waals surface area contributed by atoms with E-state index < -0.39 is 0 Å². The van der Waals surface area contributed by atoms with Gasteiger partial charge in [0.1, 0.15) is 0 Å². The van der Waals surface area contributed by atoms with Crippen molar-refractivity contribution in [1.29, 1.82) is 0 Å². The fourth-order valence-electron chi connectivity index (χ4n) is 3.14. The largest absolute Gasteiger partial charge is 0.311 e. The third-order valence-corrected chi connectivity index (χ3v) is 4.51. The molecule has 0 spiro atoms. The molecule has 3 nitrogen and oxygen atoms in total. The van der Waals surface area contributed by atoms with Crippen LogP contribution in [0.1, 0.15) is 19.4 Å². The predicted molar refractivity (Wildman–Crippen MR) is 88.5 cm³/mol. The molecule has 1 atom stereocenters. The predicted octanol–water partition coefficient (Wildman–Crippen LogP) is 2.71. The van der Waals surface area contributed by atoms with Gasteiger partial charge in [0.2, 0.25) is 0 Å². The number of benzene rings is 1. The van der Waals surface area contributed by atoms with Gasteiger partial charge in [0.15, 0.2) is 0 Å². The van der Waals surface area contributed by atoms with E-state index in [2.05, 4.69) is 53.3 Å². The second-order valence-electron chi connectivity index (χ2n) is 6.35. The lowest BCUT2D eigenvalue weighted by Gasteiger charge is -2.35. The average Bonchev–Trinajstić information content (AvgIpc) is 2.53. The maximum absolute atomic E-state index is 4.56. The van der Waals surface area contributed by atoms with Crippen LogP contribution in [0.25, 0.3) is 10.9 Å². The van der Waals surface area contributed by atoms with Gasteiger partial charge in [-0.15, -0.1) is 0 Å². The Morgan fingerprint density at radius 1 is 1.29 bits per heavy atom. The first-order chi connectivity index (χ1) is 10.2. The van der Waals surface area contributed by atoms with Crippen LogP contribution in [-0.4, -0.2) is 42.1 Å². The molecule has 1 saturated heterocycles. The van der Waals surface area contributed by atoms with Crippen molar-refractivity contribution in [1.82, 2.24) is 15.2 Å². The van der Waals surface area contributed by atoms with Crippen molar-refractivity contribution in [3.05, 3.63) is 42.1 Å². The van der Waals surface area contributed by atoms with Crippen LogP contribution in [0.2, 0.25) is 0 Å². The van der Waals surface area contributed by atoms with Gasteiger partial charge in [0.25, 0.3) is 0 Å². The standard InChI is InChI=1S/C18H25N3/c1-14(2)17-13-21(12-10-19-17)11-8-16-6-3-5-15-7-4-9-20-18(15)16/h3-7,9,14,17,19H,8,10-13H2,1-2H3. The molecular formula is C18H25N3. The molecule has 0 bridgehead atoms. The van der Waals surface area contributed by atoms with Gasteiger partial charge in [-0.2, -0.15) is 0 Å². The van der Waals surface area contributed by atoms with E-state index >= 15 is 0 Å². The summed E-state index contributed by atoms with van der Waals surface area (Å²) in [5.74, 6) is 0.701. The minimum atomic E-state index is 0.629. The highest BCUT2D eigenvalue weighted by atomic mass is 15.2. The first kappa shape index (κ1) is 14.5. The quantitative estimate of drug-likeness (QED) is 0.935. The lowest BCUT2D eigenvalue weighted by Crippen LogP contribution is -2.53. The number of rotatable bonds is 4. The van der Waals surface area contributed by atoms with Crippen molar-refractivity contribution in [2.24, 2.45) is 5.92 Å². The van der Waals surface area contributed by atoms with Gasteiger partial charge in [0, 0.05) is 43.8 Å². The van der Waals surface area contributed by atoms with E-state index in [0.717, 1.165) is 38.1 Å². The van der Waals surface area contributed by atoms with Crippen molar-refractivity contribution in [3.63, 3.8) is 0 Å². The normalized spacial score (nSPS) is 20.2. The summed E-state index contributed by atoms with van der Waals surface area (Å²) in [6.45, 7) is 9.15. The lowest BCUT2D eigenvalue weighted by molar-refractivity contribution is 0.177. The van der Waals surface area contributed by atoms with Crippen LogP contribution >= 0.6 is 0 Å². The molecule has 2 aromatic rings. The Balaban J connectivity index is 1.66. The maximum Gasteiger partial charge on any atom is 0.0734 e. The molecule has 1 aromatic carbocycles. The third-order valence-electron chi connectivity index (χ3n) is 4.51. The van der Waals surface area contributed by atoms with E-state index in [4.69, 9.17) is 0 Å². The molecule has 112 valence electrons. The minimum Gasteiger partial charge on any atom is -0.311 e. The van der Waals surface area contributed by atoms with Crippen LogP contribution in [0.5, 0.6) is 0 Å². The molecule has 3 heteroatoms. The number of hydrogen-bond donors (Lipinski definition) is 1. The highest BCUT2D eigenvalue weighted by Crippen LogP contribution is 2.17. The second kappa shape index (κ2) is 6.54. The number of fused-ring (bicyclic) bond motifs is 1. The Bertz CT molecular complexity index is 589. The van der Waals surface area contributed by atoms with Crippen LogP contribution < -0.4 is 5.32 Å². The number of para-hydroxylation sites is 1. The van der Waals surface area contributed by atoms with E-state index in [1.165, 1.54) is 10.9 Å². The molecule has 0 radical (unpaired) electrons. The van der Waals surface area contributed by atoms with E-state index in [9.17, 15) is 0 Å². The van der Waals surface area contributed by atoms with Crippen LogP contribution in [0, 0.1) is 5.92 Å². The molecule has 1 aliphatic heterocycles. The lowest BCUT2D eigenvalue weighted by atomic mass is 10.0. The summed E-state index contributed by atoms with van der Waals surface area (Å²) in [6.07, 6.45) is 2.98. The van der Waals surface area contributed by atoms with Gasteiger partial charge < -0.3 is 10.2 Å². The molecule has 0 amide bonds. The maximum atomic E-state index is 4.56. The fraction of sp³-hybridized carbons (Fsp3) is 0.500. The Kier molecular flexibility index (Phi) is 4.51. The SMILES string of the molecule is CC(C)C1CN(CCc2cccc3cccnc23)CCN1. The van der Waals surface area contributed by atoms with Crippen LogP contribution in [0.4, 0.5) is 0 Å². The van der Waals surface area contributed by atoms with Crippen molar-refractivity contribution in [3.8, 4) is 0 Å². The Labute approximate surface area is 127 Å². The van der Waals surface area contributed by atoms with E-state index in [0.29, 0.717) is 12.0 Å². The number of hydrogen-bond acceptors (Lipinski definition) is 3. The van der Waals surface area contributed by atoms with Gasteiger partial charge in [0.05, 0.1) is 5.52 Å². The van der Waals surface area contributed by atoms with Crippen molar-refractivity contribution in [2.45, 2.75) is 26.3 Å². The zero-order valence-electron chi connectivity index (χ0n) is 13.0. The zero-order chi connectivity index (χ0) is 14.7. The van der Waals surface area contributed by atoms with E-state index in [1.807, 2.05) is 12.3 Å². The summed E-state index contributed by atoms with van der Waals surface area (Å²) < 4.78 is 0. The summed E-state index contributed by atoms with van der Waals surface area (Å²) in [6, 6.07) is 11.3. The minimum absolute atomic E-state index is 0.629. The molecule has 3 rings (SSSR count). The van der Waals surface area contributed by atoms with E-state index in [-0.39, 0.29) is 0 Å². The number of nitrogens with one attached hydrogen (secondary N) is 1. The topological polar surface area (TPSA) is 28.2 Å². The monoisotopic (exact) mass is 283 g/mol. The molecule has 1 unspecified atom stereocenters. The first-order valence-electron chi connectivity index (χ1n) is 8.02. The average molecular weight is 283 g/mol. The molecule has 21 heavy (non-hydrogen) atoms. The first-order valence-corrected chi connectivity index (χ1v) is 8.02. The van der Waals surface area contributed by atoms with Gasteiger partial charge >= 0.3 is 0 Å². The smallest absolute Gasteiger partial charge is 0.0734 e. The van der Waals surface area contributed by atoms with E-state index in [1.54, 1.807) is 0 Å². The zero-order valence-corrected chi connectivity index (χ0v) is 13.0. The summed E-state index contributed by atoms with van der Waals surface area (Å²) in [7, 11) is 0. The molecule has 1 aliphatic rings. The number of pyridine rings is 1. The van der Waals surface area contributed by atoms with Crippen LogP contribution in [0.3, 0.4) is 0 Å². The summed E-state index contributed by atoms with van der Waals surface area (Å²) in [5, 5.41) is 4.87. The number of piperazine rings is 1. The van der Waals surface area contributed by atoms with Gasteiger partial charge in [-0.25, -0.2) is 0 Å². The molecule has 2 heterocycles. The number of aromatic nitrogens is 1. The summed E-state index contributed by atoms with van der Waals surface area (Å²) in [4.78, 5) is 7.14. The molecule has 1 aromatic heterocycles. The Morgan fingerprint density at radius 3 is 3.00 bits per heavy atom. The second-order valence-corrected chi connectivity index (χ2v) is 6.35. The molecule has 1 fully saturated rings. The van der Waals surface area contributed by atoms with Gasteiger partial charge in [-0.1, -0.05) is 38.1 Å². The molecule has 0 saturated carbocycles. The fourth-order valence-corrected chi connectivity index (χ4v) is 3.14. The Hall–Kier alpha value is -1.45. The van der Waals surface area contributed by atoms with Crippen LogP contribution in [0.15, 0.2) is 36.5 Å². The summed E-state index contributed by atoms with van der Waals surface area (Å²) >= 11 is 0.